The lowest BCUT2D eigenvalue weighted by molar-refractivity contribution is 0.283. The van der Waals surface area contributed by atoms with E-state index < -0.39 is 0 Å². The second-order valence-electron chi connectivity index (χ2n) is 5.07. The molecule has 0 aliphatic carbocycles. The predicted octanol–water partition coefficient (Wildman–Crippen LogP) is 2.76. The Kier molecular flexibility index (Phi) is 3.43. The van der Waals surface area contributed by atoms with Crippen LogP contribution in [0.2, 0.25) is 0 Å². The van der Waals surface area contributed by atoms with Gasteiger partial charge in [-0.25, -0.2) is 4.98 Å². The first-order valence-corrected chi connectivity index (χ1v) is 6.76. The number of pyridine rings is 1. The summed E-state index contributed by atoms with van der Waals surface area (Å²) < 4.78 is 2.04. The maximum atomic E-state index is 9.46. The predicted molar refractivity (Wildman–Crippen MR) is 80.7 cm³/mol. The molecule has 0 amide bonds. The Labute approximate surface area is 122 Å². The van der Waals surface area contributed by atoms with Crippen LogP contribution in [0.5, 0.6) is 0 Å². The van der Waals surface area contributed by atoms with Gasteiger partial charge in [0, 0.05) is 29.9 Å². The Morgan fingerprint density at radius 1 is 1.29 bits per heavy atom. The van der Waals surface area contributed by atoms with Gasteiger partial charge in [-0.15, -0.1) is 0 Å². The number of nitrogens with zero attached hydrogens (tertiary/aromatic N) is 3. The molecule has 4 nitrogen and oxygen atoms in total. The van der Waals surface area contributed by atoms with Gasteiger partial charge in [-0.3, -0.25) is 0 Å². The zero-order chi connectivity index (χ0) is 14.8. The summed E-state index contributed by atoms with van der Waals surface area (Å²) in [5, 5.41) is 19.4. The fraction of sp³-hybridized carbons (Fsp3) is 0.176. The highest BCUT2D eigenvalue weighted by atomic mass is 16.3. The smallest absolute Gasteiger partial charge is 0.140 e. The minimum absolute atomic E-state index is 0.00153. The van der Waals surface area contributed by atoms with Gasteiger partial charge < -0.3 is 9.67 Å². The number of hydrogen-bond acceptors (Lipinski definition) is 3. The van der Waals surface area contributed by atoms with Crippen LogP contribution >= 0.6 is 0 Å². The van der Waals surface area contributed by atoms with E-state index in [-0.39, 0.29) is 6.61 Å². The van der Waals surface area contributed by atoms with Crippen molar-refractivity contribution in [1.82, 2.24) is 9.55 Å². The normalized spacial score (nSPS) is 10.7. The molecule has 4 heteroatoms. The number of rotatable bonds is 3. The van der Waals surface area contributed by atoms with E-state index in [4.69, 9.17) is 5.26 Å². The Morgan fingerprint density at radius 3 is 2.86 bits per heavy atom. The molecule has 1 N–H and O–H groups in total. The number of fused-ring (bicyclic) bond motifs is 1. The van der Waals surface area contributed by atoms with Crippen LogP contribution in [0.4, 0.5) is 0 Å². The lowest BCUT2D eigenvalue weighted by Gasteiger charge is -2.08. The van der Waals surface area contributed by atoms with Crippen LogP contribution in [0.25, 0.3) is 11.0 Å². The van der Waals surface area contributed by atoms with E-state index >= 15 is 0 Å². The highest BCUT2D eigenvalue weighted by molar-refractivity contribution is 5.80. The lowest BCUT2D eigenvalue weighted by atomic mass is 10.1. The third kappa shape index (κ3) is 2.39. The molecule has 104 valence electrons. The number of aliphatic hydroxyl groups excluding tert-OH is 1. The highest BCUT2D eigenvalue weighted by Crippen LogP contribution is 2.21. The summed E-state index contributed by atoms with van der Waals surface area (Å²) in [5.74, 6) is 0. The summed E-state index contributed by atoms with van der Waals surface area (Å²) in [6.07, 6.45) is 3.70. The minimum Gasteiger partial charge on any atom is -0.392 e. The average molecular weight is 277 g/mol. The topological polar surface area (TPSA) is 61.8 Å². The van der Waals surface area contributed by atoms with Crippen LogP contribution in [-0.4, -0.2) is 14.7 Å². The Balaban J connectivity index is 2.04. The van der Waals surface area contributed by atoms with Gasteiger partial charge in [0.05, 0.1) is 18.2 Å². The molecular weight excluding hydrogens is 262 g/mol. The minimum atomic E-state index is 0.00153. The molecule has 3 aromatic rings. The first-order valence-electron chi connectivity index (χ1n) is 6.76. The van der Waals surface area contributed by atoms with Gasteiger partial charge in [0.15, 0.2) is 0 Å². The van der Waals surface area contributed by atoms with Crippen molar-refractivity contribution >= 4 is 11.0 Å². The van der Waals surface area contributed by atoms with Crippen molar-refractivity contribution < 1.29 is 5.11 Å². The fourth-order valence-corrected chi connectivity index (χ4v) is 2.57. The Morgan fingerprint density at radius 2 is 2.14 bits per heavy atom. The zero-order valence-electron chi connectivity index (χ0n) is 11.7. The highest BCUT2D eigenvalue weighted by Gasteiger charge is 2.10. The van der Waals surface area contributed by atoms with Crippen molar-refractivity contribution in [2.75, 3.05) is 0 Å². The largest absolute Gasteiger partial charge is 0.392 e. The molecule has 0 atom stereocenters. The van der Waals surface area contributed by atoms with Gasteiger partial charge >= 0.3 is 0 Å². The van der Waals surface area contributed by atoms with Gasteiger partial charge in [-0.2, -0.15) is 5.26 Å². The van der Waals surface area contributed by atoms with Crippen LogP contribution < -0.4 is 0 Å². The van der Waals surface area contributed by atoms with Crippen LogP contribution in [0.3, 0.4) is 0 Å². The monoisotopic (exact) mass is 277 g/mol. The number of benzene rings is 1. The fourth-order valence-electron chi connectivity index (χ4n) is 2.57. The molecule has 0 fully saturated rings. The molecule has 0 saturated heterocycles. The van der Waals surface area contributed by atoms with Crippen molar-refractivity contribution in [3.8, 4) is 6.07 Å². The zero-order valence-corrected chi connectivity index (χ0v) is 11.7. The van der Waals surface area contributed by atoms with Gasteiger partial charge in [0.25, 0.3) is 0 Å². The number of aliphatic hydroxyl groups is 1. The standard InChI is InChI=1S/C17H15N3O/c1-12-7-13(8-18)4-5-14(12)9-20-10-15(11-21)16-3-2-6-19-17(16)20/h2-7,10,21H,9,11H2,1H3. The molecule has 0 aliphatic rings. The number of aromatic nitrogens is 2. The molecular formula is C17H15N3O. The van der Waals surface area contributed by atoms with E-state index in [1.165, 1.54) is 0 Å². The first kappa shape index (κ1) is 13.3. The number of aryl methyl sites for hydroxylation is 1. The summed E-state index contributed by atoms with van der Waals surface area (Å²) in [7, 11) is 0. The van der Waals surface area contributed by atoms with Gasteiger partial charge in [0.2, 0.25) is 0 Å². The molecule has 0 saturated carbocycles. The van der Waals surface area contributed by atoms with E-state index in [1.807, 2.05) is 48.0 Å². The third-order valence-corrected chi connectivity index (χ3v) is 3.70. The van der Waals surface area contributed by atoms with E-state index in [0.29, 0.717) is 12.1 Å². The average Bonchev–Trinajstić information content (AvgIpc) is 2.87. The maximum Gasteiger partial charge on any atom is 0.140 e. The van der Waals surface area contributed by atoms with E-state index in [1.54, 1.807) is 6.20 Å². The molecule has 0 unspecified atom stereocenters. The van der Waals surface area contributed by atoms with Crippen LogP contribution in [0.1, 0.15) is 22.3 Å². The summed E-state index contributed by atoms with van der Waals surface area (Å²) >= 11 is 0. The first-order chi connectivity index (χ1) is 10.2. The number of hydrogen-bond donors (Lipinski definition) is 1. The maximum absolute atomic E-state index is 9.46. The van der Waals surface area contributed by atoms with Gasteiger partial charge in [-0.05, 0) is 42.3 Å². The van der Waals surface area contributed by atoms with Crippen molar-refractivity contribution in [1.29, 1.82) is 5.26 Å². The quantitative estimate of drug-likeness (QED) is 0.800. The van der Waals surface area contributed by atoms with Crippen molar-refractivity contribution in [2.24, 2.45) is 0 Å². The van der Waals surface area contributed by atoms with Crippen LogP contribution in [0, 0.1) is 18.3 Å². The molecule has 0 radical (unpaired) electrons. The number of nitriles is 1. The lowest BCUT2D eigenvalue weighted by Crippen LogP contribution is -2.01. The molecule has 0 spiro atoms. The molecule has 2 aromatic heterocycles. The van der Waals surface area contributed by atoms with Crippen molar-refractivity contribution in [2.45, 2.75) is 20.1 Å². The Bertz CT molecular complexity index is 843. The van der Waals surface area contributed by atoms with E-state index in [9.17, 15) is 5.11 Å². The van der Waals surface area contributed by atoms with E-state index in [0.717, 1.165) is 27.7 Å². The molecule has 3 rings (SSSR count). The van der Waals surface area contributed by atoms with Crippen LogP contribution in [-0.2, 0) is 13.2 Å². The summed E-state index contributed by atoms with van der Waals surface area (Å²) in [6.45, 7) is 2.68. The molecule has 1 aromatic carbocycles. The Hall–Kier alpha value is -2.64. The molecule has 21 heavy (non-hydrogen) atoms. The molecule has 0 bridgehead atoms. The van der Waals surface area contributed by atoms with Gasteiger partial charge in [0.1, 0.15) is 5.65 Å². The third-order valence-electron chi connectivity index (χ3n) is 3.70. The summed E-state index contributed by atoms with van der Waals surface area (Å²) in [4.78, 5) is 4.41. The molecule has 0 aliphatic heterocycles. The SMILES string of the molecule is Cc1cc(C#N)ccc1Cn1cc(CO)c2cccnc21. The van der Waals surface area contributed by atoms with Crippen molar-refractivity contribution in [3.63, 3.8) is 0 Å². The van der Waals surface area contributed by atoms with Crippen LogP contribution in [0.15, 0.2) is 42.7 Å². The summed E-state index contributed by atoms with van der Waals surface area (Å²) in [5.41, 5.74) is 4.64. The van der Waals surface area contributed by atoms with Crippen molar-refractivity contribution in [3.05, 3.63) is 65.0 Å². The second kappa shape index (κ2) is 5.39. The second-order valence-corrected chi connectivity index (χ2v) is 5.07. The molecule has 2 heterocycles. The van der Waals surface area contributed by atoms with Gasteiger partial charge in [-0.1, -0.05) is 6.07 Å². The summed E-state index contributed by atoms with van der Waals surface area (Å²) in [6, 6.07) is 11.7. The van der Waals surface area contributed by atoms with E-state index in [2.05, 4.69) is 11.1 Å².